The minimum absolute atomic E-state index is 0.00934. The number of halogens is 2. The number of fused-ring (bicyclic) bond motifs is 3. The molecule has 0 aliphatic carbocycles. The third kappa shape index (κ3) is 5.90. The number of benzene rings is 1. The van der Waals surface area contributed by atoms with E-state index in [1.165, 1.54) is 17.4 Å². The van der Waals surface area contributed by atoms with E-state index in [4.69, 9.17) is 19.8 Å². The second kappa shape index (κ2) is 13.4. The topological polar surface area (TPSA) is 117 Å². The van der Waals surface area contributed by atoms with Gasteiger partial charge in [-0.05, 0) is 49.1 Å². The maximum Gasteiger partial charge on any atom is 0.246 e. The number of carbonyl (C=O) groups is 1. The smallest absolute Gasteiger partial charge is 0.246 e. The molecular formula is C36H36F2N6O4S. The Morgan fingerprint density at radius 3 is 2.76 bits per heavy atom. The van der Waals surface area contributed by atoms with Gasteiger partial charge >= 0.3 is 0 Å². The van der Waals surface area contributed by atoms with Crippen LogP contribution in [0.1, 0.15) is 42.9 Å². The first-order valence-corrected chi connectivity index (χ1v) is 17.1. The van der Waals surface area contributed by atoms with Crippen LogP contribution in [0, 0.1) is 11.6 Å². The van der Waals surface area contributed by atoms with Gasteiger partial charge < -0.3 is 19.8 Å². The van der Waals surface area contributed by atoms with Gasteiger partial charge in [-0.1, -0.05) is 6.58 Å². The van der Waals surface area contributed by atoms with Crippen LogP contribution in [0.4, 0.5) is 8.78 Å². The lowest BCUT2D eigenvalue weighted by atomic mass is 9.95. The lowest BCUT2D eigenvalue weighted by molar-refractivity contribution is -0.129. The Labute approximate surface area is 285 Å². The molecule has 0 spiro atoms. The van der Waals surface area contributed by atoms with Crippen molar-refractivity contribution in [1.29, 1.82) is 0 Å². The van der Waals surface area contributed by atoms with Gasteiger partial charge in [-0.3, -0.25) is 19.4 Å². The van der Waals surface area contributed by atoms with Gasteiger partial charge in [0, 0.05) is 77.8 Å². The van der Waals surface area contributed by atoms with Crippen LogP contribution in [0.25, 0.3) is 43.9 Å². The molecule has 0 radical (unpaired) electrons. The van der Waals surface area contributed by atoms with Crippen LogP contribution >= 0.6 is 11.3 Å². The Bertz CT molecular complexity index is 2080. The van der Waals surface area contributed by atoms with Gasteiger partial charge in [0.15, 0.2) is 0 Å². The number of rotatable bonds is 9. The SMILES string of the molecule is C=CC(=O)N1C[C@H](C)n2nc(-c3nc(-c4cnc5c(c4)CN(CCO)CC5)c4ccsc4c3-c3c(F)cc(F)cc3OCCO)cc2[C@H]1C. The largest absolute Gasteiger partial charge is 0.490 e. The summed E-state index contributed by atoms with van der Waals surface area (Å²) >= 11 is 1.39. The summed E-state index contributed by atoms with van der Waals surface area (Å²) in [5, 5.41) is 26.7. The second-order valence-electron chi connectivity index (χ2n) is 12.4. The lowest BCUT2D eigenvalue weighted by Gasteiger charge is -2.36. The van der Waals surface area contributed by atoms with Crippen molar-refractivity contribution < 1.29 is 28.5 Å². The monoisotopic (exact) mass is 686 g/mol. The summed E-state index contributed by atoms with van der Waals surface area (Å²) in [6.07, 6.45) is 3.87. The summed E-state index contributed by atoms with van der Waals surface area (Å²) in [4.78, 5) is 26.7. The highest BCUT2D eigenvalue weighted by molar-refractivity contribution is 7.18. The first kappa shape index (κ1) is 33.0. The highest BCUT2D eigenvalue weighted by Gasteiger charge is 2.34. The van der Waals surface area contributed by atoms with Crippen molar-refractivity contribution >= 4 is 27.3 Å². The van der Waals surface area contributed by atoms with Crippen molar-refractivity contribution in [2.24, 2.45) is 0 Å². The van der Waals surface area contributed by atoms with Crippen LogP contribution in [0.2, 0.25) is 0 Å². The molecule has 1 aromatic carbocycles. The van der Waals surface area contributed by atoms with Crippen LogP contribution in [0.5, 0.6) is 5.75 Å². The molecule has 2 aliphatic rings. The van der Waals surface area contributed by atoms with Crippen molar-refractivity contribution in [2.45, 2.75) is 38.9 Å². The zero-order chi connectivity index (χ0) is 34.4. The molecule has 254 valence electrons. The Hall–Kier alpha value is -4.56. The maximum absolute atomic E-state index is 16.1. The molecule has 4 aromatic heterocycles. The number of aliphatic hydroxyl groups is 2. The molecule has 0 unspecified atom stereocenters. The molecule has 10 nitrogen and oxygen atoms in total. The van der Waals surface area contributed by atoms with Crippen LogP contribution < -0.4 is 4.74 Å². The molecule has 0 saturated heterocycles. The normalized spacial score (nSPS) is 17.6. The number of β-amino-alcohol motifs (C(OH)–C–C–N with tert-alkyl or cyclic N) is 1. The molecule has 0 fully saturated rings. The predicted octanol–water partition coefficient (Wildman–Crippen LogP) is 5.54. The molecular weight excluding hydrogens is 650 g/mol. The Morgan fingerprint density at radius 1 is 1.14 bits per heavy atom. The van der Waals surface area contributed by atoms with Crippen molar-refractivity contribution in [2.75, 3.05) is 39.5 Å². The quantitative estimate of drug-likeness (QED) is 0.194. The summed E-state index contributed by atoms with van der Waals surface area (Å²) < 4.78 is 39.0. The van der Waals surface area contributed by atoms with Crippen LogP contribution in [0.15, 0.2) is 54.6 Å². The second-order valence-corrected chi connectivity index (χ2v) is 13.3. The molecule has 1 amide bonds. The van der Waals surface area contributed by atoms with E-state index in [0.29, 0.717) is 47.0 Å². The number of nitrogens with zero attached hydrogens (tertiary/aromatic N) is 6. The number of carbonyl (C=O) groups excluding carboxylic acids is 1. The lowest BCUT2D eigenvalue weighted by Crippen LogP contribution is -2.42. The highest BCUT2D eigenvalue weighted by atomic mass is 32.1. The number of amides is 1. The van der Waals surface area contributed by atoms with Crippen LogP contribution in [-0.2, 0) is 17.8 Å². The van der Waals surface area contributed by atoms with E-state index in [9.17, 15) is 19.4 Å². The number of hydrogen-bond acceptors (Lipinski definition) is 9. The zero-order valence-electron chi connectivity index (χ0n) is 27.2. The van der Waals surface area contributed by atoms with Crippen molar-refractivity contribution in [3.8, 4) is 39.5 Å². The van der Waals surface area contributed by atoms with Gasteiger partial charge in [0.2, 0.25) is 5.91 Å². The number of thiophene rings is 1. The molecule has 2 atom stereocenters. The Balaban J connectivity index is 1.48. The Morgan fingerprint density at radius 2 is 1.98 bits per heavy atom. The van der Waals surface area contributed by atoms with Crippen LogP contribution in [0.3, 0.4) is 0 Å². The molecule has 13 heteroatoms. The summed E-state index contributed by atoms with van der Waals surface area (Å²) in [5.74, 6) is -1.91. The number of hydrogen-bond donors (Lipinski definition) is 2. The van der Waals surface area contributed by atoms with Crippen molar-refractivity contribution in [3.63, 3.8) is 0 Å². The molecule has 5 aromatic rings. The van der Waals surface area contributed by atoms with E-state index in [2.05, 4.69) is 17.5 Å². The fourth-order valence-corrected chi connectivity index (χ4v) is 7.89. The van der Waals surface area contributed by atoms with E-state index in [1.807, 2.05) is 36.0 Å². The summed E-state index contributed by atoms with van der Waals surface area (Å²) in [6, 6.07) is 7.28. The van der Waals surface area contributed by atoms with Gasteiger partial charge in [-0.25, -0.2) is 13.8 Å². The van der Waals surface area contributed by atoms with Crippen LogP contribution in [-0.4, -0.2) is 85.1 Å². The molecule has 0 bridgehead atoms. The van der Waals surface area contributed by atoms with Crippen molar-refractivity contribution in [1.82, 2.24) is 29.5 Å². The Kier molecular flexibility index (Phi) is 9.01. The van der Waals surface area contributed by atoms with E-state index in [0.717, 1.165) is 53.0 Å². The number of aliphatic hydroxyl groups excluding tert-OH is 2. The fraction of sp³-hybridized carbons (Fsp3) is 0.333. The third-order valence-corrected chi connectivity index (χ3v) is 10.2. The molecule has 2 N–H and O–H groups in total. The summed E-state index contributed by atoms with van der Waals surface area (Å²) in [7, 11) is 0. The number of pyridine rings is 2. The number of aromatic nitrogens is 4. The standard InChI is InChI=1S/C36H36F2N6O4S/c1-4-31(47)43-18-20(2)44-29(21(43)3)16-28(41-44)35-33(32-26(38)14-24(37)15-30(32)48-11-10-46)36-25(6-12-49-36)34(40-35)22-13-23-19-42(8-9-45)7-5-27(23)39-17-22/h4,6,12-17,20-21,45-46H,1,5,7-11,18-19H2,2-3H3/t20-,21+/m0/s1. The van der Waals surface area contributed by atoms with E-state index < -0.39 is 11.6 Å². The fourth-order valence-electron chi connectivity index (χ4n) is 6.94. The average molecular weight is 687 g/mol. The maximum atomic E-state index is 16.1. The van der Waals surface area contributed by atoms with Gasteiger partial charge in [0.1, 0.15) is 35.4 Å². The predicted molar refractivity (Wildman–Crippen MR) is 183 cm³/mol. The van der Waals surface area contributed by atoms with E-state index >= 15 is 4.39 Å². The zero-order valence-corrected chi connectivity index (χ0v) is 28.0. The van der Waals surface area contributed by atoms with Gasteiger partial charge in [0.25, 0.3) is 0 Å². The summed E-state index contributed by atoms with van der Waals surface area (Å²) in [6.45, 7) is 9.56. The minimum atomic E-state index is -0.841. The average Bonchev–Trinajstić information content (AvgIpc) is 3.77. The number of ether oxygens (including phenoxy) is 1. The first-order valence-electron chi connectivity index (χ1n) is 16.2. The molecule has 6 heterocycles. The summed E-state index contributed by atoms with van der Waals surface area (Å²) in [5.41, 5.74) is 5.41. The van der Waals surface area contributed by atoms with Gasteiger partial charge in [-0.15, -0.1) is 11.3 Å². The molecule has 7 rings (SSSR count). The molecule has 2 aliphatic heterocycles. The van der Waals surface area contributed by atoms with E-state index in [-0.39, 0.29) is 49.1 Å². The minimum Gasteiger partial charge on any atom is -0.490 e. The molecule has 0 saturated carbocycles. The van der Waals surface area contributed by atoms with Gasteiger partial charge in [0.05, 0.1) is 42.2 Å². The first-order chi connectivity index (χ1) is 23.7. The third-order valence-electron chi connectivity index (χ3n) is 9.27. The molecule has 49 heavy (non-hydrogen) atoms. The van der Waals surface area contributed by atoms with Gasteiger partial charge in [-0.2, -0.15) is 5.10 Å². The van der Waals surface area contributed by atoms with E-state index in [1.54, 1.807) is 11.1 Å². The van der Waals surface area contributed by atoms with Crippen molar-refractivity contribution in [3.05, 3.63) is 83.1 Å². The highest BCUT2D eigenvalue weighted by Crippen LogP contribution is 2.48.